The molecular weight excluding hydrogens is 310 g/mol. The fourth-order valence-electron chi connectivity index (χ4n) is 2.64. The summed E-state index contributed by atoms with van der Waals surface area (Å²) in [5, 5.41) is 27.1. The van der Waals surface area contributed by atoms with Crippen molar-refractivity contribution in [2.75, 3.05) is 6.54 Å². The lowest BCUT2D eigenvalue weighted by molar-refractivity contribution is 0.0924. The molecule has 0 unspecified atom stereocenters. The zero-order chi connectivity index (χ0) is 16.7. The monoisotopic (exact) mass is 323 g/mol. The van der Waals surface area contributed by atoms with E-state index in [1.54, 1.807) is 16.8 Å². The summed E-state index contributed by atoms with van der Waals surface area (Å²) in [6, 6.07) is 7.74. The Morgan fingerprint density at radius 3 is 2.67 bits per heavy atom. The van der Waals surface area contributed by atoms with Crippen molar-refractivity contribution in [2.24, 2.45) is 0 Å². The Labute approximate surface area is 136 Å². The molecule has 0 aliphatic carbocycles. The number of nitrogens with zero attached hydrogens (tertiary/aromatic N) is 4. The van der Waals surface area contributed by atoms with Gasteiger partial charge < -0.3 is 15.5 Å². The molecule has 0 radical (unpaired) electrons. The summed E-state index contributed by atoms with van der Waals surface area (Å²) in [5.41, 5.74) is 1.65. The second-order valence-corrected chi connectivity index (χ2v) is 5.33. The van der Waals surface area contributed by atoms with Crippen molar-refractivity contribution >= 4 is 5.91 Å². The van der Waals surface area contributed by atoms with E-state index < -0.39 is 0 Å². The van der Waals surface area contributed by atoms with Crippen LogP contribution in [0.5, 0.6) is 11.5 Å². The number of aromatic hydroxyl groups is 2. The molecule has 8 nitrogen and oxygen atoms in total. The van der Waals surface area contributed by atoms with Crippen LogP contribution in [-0.4, -0.2) is 42.4 Å². The van der Waals surface area contributed by atoms with Gasteiger partial charge in [0, 0.05) is 12.7 Å². The number of phenols is 2. The van der Waals surface area contributed by atoms with E-state index >= 15 is 0 Å². The van der Waals surface area contributed by atoms with Gasteiger partial charge in [0.2, 0.25) is 0 Å². The third kappa shape index (κ3) is 2.24. The zero-order valence-electron chi connectivity index (χ0n) is 12.5. The summed E-state index contributed by atoms with van der Waals surface area (Å²) in [4.78, 5) is 20.3. The van der Waals surface area contributed by atoms with Crippen molar-refractivity contribution in [1.82, 2.24) is 25.1 Å². The van der Waals surface area contributed by atoms with Crippen LogP contribution in [0.15, 0.2) is 36.5 Å². The molecule has 3 heterocycles. The summed E-state index contributed by atoms with van der Waals surface area (Å²) in [6.07, 6.45) is 1.52. The van der Waals surface area contributed by atoms with Crippen molar-refractivity contribution < 1.29 is 15.0 Å². The van der Waals surface area contributed by atoms with Crippen molar-refractivity contribution in [1.29, 1.82) is 0 Å². The molecule has 3 aromatic rings. The summed E-state index contributed by atoms with van der Waals surface area (Å²) in [7, 11) is 0. The molecule has 1 aliphatic heterocycles. The third-order valence-corrected chi connectivity index (χ3v) is 3.78. The van der Waals surface area contributed by atoms with E-state index in [2.05, 4.69) is 20.4 Å². The smallest absolute Gasteiger partial charge is 0.269 e. The van der Waals surface area contributed by atoms with Crippen LogP contribution in [0.3, 0.4) is 0 Å². The predicted octanol–water partition coefficient (Wildman–Crippen LogP) is 1.16. The van der Waals surface area contributed by atoms with Crippen molar-refractivity contribution in [3.05, 3.63) is 42.2 Å². The van der Waals surface area contributed by atoms with Gasteiger partial charge >= 0.3 is 0 Å². The molecule has 2 aromatic heterocycles. The molecule has 24 heavy (non-hydrogen) atoms. The van der Waals surface area contributed by atoms with Crippen LogP contribution in [0.2, 0.25) is 0 Å². The number of carbonyl (C=O) groups excluding carboxylic acids is 1. The molecule has 0 fully saturated rings. The van der Waals surface area contributed by atoms with Crippen LogP contribution in [0.4, 0.5) is 0 Å². The van der Waals surface area contributed by atoms with Gasteiger partial charge in [0.1, 0.15) is 28.5 Å². The SMILES string of the molecule is O=C1NCCn2nc(-c3ccnc(-c4c(O)cccc4O)n3)cc21. The molecule has 1 aromatic carbocycles. The minimum absolute atomic E-state index is 0.115. The van der Waals surface area contributed by atoms with E-state index in [1.807, 2.05) is 0 Å². The van der Waals surface area contributed by atoms with Crippen LogP contribution < -0.4 is 5.32 Å². The average molecular weight is 323 g/mol. The Morgan fingerprint density at radius 2 is 1.92 bits per heavy atom. The van der Waals surface area contributed by atoms with Gasteiger partial charge in [-0.15, -0.1) is 0 Å². The molecule has 0 saturated carbocycles. The maximum atomic E-state index is 11.8. The Hall–Kier alpha value is -3.42. The first kappa shape index (κ1) is 14.2. The van der Waals surface area contributed by atoms with Crippen LogP contribution in [0.25, 0.3) is 22.8 Å². The third-order valence-electron chi connectivity index (χ3n) is 3.78. The zero-order valence-corrected chi connectivity index (χ0v) is 12.5. The molecule has 8 heteroatoms. The van der Waals surface area contributed by atoms with E-state index in [1.165, 1.54) is 24.4 Å². The largest absolute Gasteiger partial charge is 0.507 e. The van der Waals surface area contributed by atoms with Gasteiger partial charge in [0.15, 0.2) is 5.82 Å². The highest BCUT2D eigenvalue weighted by atomic mass is 16.3. The second-order valence-electron chi connectivity index (χ2n) is 5.33. The molecule has 1 amide bonds. The van der Waals surface area contributed by atoms with Crippen molar-refractivity contribution in [3.8, 4) is 34.3 Å². The van der Waals surface area contributed by atoms with Gasteiger partial charge in [-0.05, 0) is 24.3 Å². The number of amides is 1. The van der Waals surface area contributed by atoms with E-state index in [-0.39, 0.29) is 28.8 Å². The highest BCUT2D eigenvalue weighted by Crippen LogP contribution is 2.35. The Bertz CT molecular complexity index is 930. The molecule has 0 bridgehead atoms. The molecule has 0 spiro atoms. The van der Waals surface area contributed by atoms with Crippen LogP contribution in [0, 0.1) is 0 Å². The van der Waals surface area contributed by atoms with Gasteiger partial charge in [0.25, 0.3) is 5.91 Å². The number of nitrogens with one attached hydrogen (secondary N) is 1. The lowest BCUT2D eigenvalue weighted by atomic mass is 10.1. The van der Waals surface area contributed by atoms with Crippen LogP contribution in [0.1, 0.15) is 10.5 Å². The van der Waals surface area contributed by atoms with Crippen molar-refractivity contribution in [3.63, 3.8) is 0 Å². The minimum atomic E-state index is -0.173. The number of aromatic nitrogens is 4. The average Bonchev–Trinajstić information content (AvgIpc) is 3.01. The number of benzene rings is 1. The quantitative estimate of drug-likeness (QED) is 0.652. The highest BCUT2D eigenvalue weighted by molar-refractivity contribution is 5.94. The highest BCUT2D eigenvalue weighted by Gasteiger charge is 2.21. The normalized spacial score (nSPS) is 13.4. The number of rotatable bonds is 2. The number of phenolic OH excluding ortho intramolecular Hbond substituents is 2. The van der Waals surface area contributed by atoms with E-state index in [4.69, 9.17) is 0 Å². The first-order valence-electron chi connectivity index (χ1n) is 7.34. The van der Waals surface area contributed by atoms with E-state index in [0.29, 0.717) is 30.2 Å². The van der Waals surface area contributed by atoms with Crippen molar-refractivity contribution in [2.45, 2.75) is 6.54 Å². The predicted molar refractivity (Wildman–Crippen MR) is 84.4 cm³/mol. The van der Waals surface area contributed by atoms with E-state index in [0.717, 1.165) is 0 Å². The van der Waals surface area contributed by atoms with Gasteiger partial charge in [-0.25, -0.2) is 9.97 Å². The molecular formula is C16H13N5O3. The molecule has 0 saturated heterocycles. The van der Waals surface area contributed by atoms with Gasteiger partial charge in [-0.2, -0.15) is 5.10 Å². The standard InChI is InChI=1S/C16H13N5O3/c22-12-2-1-3-13(23)14(12)15-17-5-4-9(19-15)10-8-11-16(24)18-6-7-21(11)20-10/h1-5,8,22-23H,6-7H2,(H,18,24). The lowest BCUT2D eigenvalue weighted by Crippen LogP contribution is -2.35. The number of hydrogen-bond acceptors (Lipinski definition) is 6. The molecule has 3 N–H and O–H groups in total. The number of fused-ring (bicyclic) bond motifs is 1. The Kier molecular flexibility index (Phi) is 3.16. The fraction of sp³-hybridized carbons (Fsp3) is 0.125. The fourth-order valence-corrected chi connectivity index (χ4v) is 2.64. The van der Waals surface area contributed by atoms with Crippen LogP contribution >= 0.6 is 0 Å². The second kappa shape index (κ2) is 5.34. The number of hydrogen-bond donors (Lipinski definition) is 3. The Balaban J connectivity index is 1.80. The van der Waals surface area contributed by atoms with Gasteiger partial charge in [-0.1, -0.05) is 6.07 Å². The summed E-state index contributed by atoms with van der Waals surface area (Å²) in [6.45, 7) is 1.13. The van der Waals surface area contributed by atoms with E-state index in [9.17, 15) is 15.0 Å². The first-order valence-corrected chi connectivity index (χ1v) is 7.34. The maximum Gasteiger partial charge on any atom is 0.269 e. The lowest BCUT2D eigenvalue weighted by Gasteiger charge is -2.13. The molecule has 4 rings (SSSR count). The molecule has 1 aliphatic rings. The van der Waals surface area contributed by atoms with Crippen LogP contribution in [-0.2, 0) is 6.54 Å². The summed E-state index contributed by atoms with van der Waals surface area (Å²) in [5.74, 6) is -0.225. The Morgan fingerprint density at radius 1 is 1.12 bits per heavy atom. The molecule has 120 valence electrons. The van der Waals surface area contributed by atoms with Gasteiger partial charge in [0.05, 0.1) is 12.2 Å². The summed E-state index contributed by atoms with van der Waals surface area (Å²) < 4.78 is 1.63. The van der Waals surface area contributed by atoms with Gasteiger partial charge in [-0.3, -0.25) is 9.48 Å². The molecule has 0 atom stereocenters. The topological polar surface area (TPSA) is 113 Å². The minimum Gasteiger partial charge on any atom is -0.507 e. The number of carbonyl (C=O) groups is 1. The first-order chi connectivity index (χ1) is 11.6. The maximum absolute atomic E-state index is 11.8. The summed E-state index contributed by atoms with van der Waals surface area (Å²) >= 11 is 0.